The molecule has 1 aromatic heterocycles. The van der Waals surface area contributed by atoms with E-state index >= 15 is 0 Å². The summed E-state index contributed by atoms with van der Waals surface area (Å²) < 4.78 is 27.1. The molecule has 0 aliphatic carbocycles. The number of carboxylic acids is 1. The lowest BCUT2D eigenvalue weighted by atomic mass is 10.2. The summed E-state index contributed by atoms with van der Waals surface area (Å²) in [6.07, 6.45) is 3.26. The lowest BCUT2D eigenvalue weighted by molar-refractivity contribution is -0.131. The van der Waals surface area contributed by atoms with Crippen molar-refractivity contribution in [1.82, 2.24) is 14.8 Å². The molecule has 0 aliphatic heterocycles. The minimum atomic E-state index is -1.14. The number of rotatable bonds is 3. The van der Waals surface area contributed by atoms with Crippen LogP contribution in [0.25, 0.3) is 17.6 Å². The van der Waals surface area contributed by atoms with Crippen molar-refractivity contribution in [1.29, 1.82) is 0 Å². The van der Waals surface area contributed by atoms with Crippen molar-refractivity contribution in [3.63, 3.8) is 0 Å². The van der Waals surface area contributed by atoms with E-state index in [-0.39, 0.29) is 11.4 Å². The van der Waals surface area contributed by atoms with Crippen LogP contribution in [0, 0.1) is 11.6 Å². The second kappa shape index (κ2) is 4.74. The average molecular weight is 251 g/mol. The van der Waals surface area contributed by atoms with E-state index < -0.39 is 17.6 Å². The number of hydrogen-bond donors (Lipinski definition) is 1. The predicted molar refractivity (Wildman–Crippen MR) is 58.3 cm³/mol. The molecule has 0 bridgehead atoms. The molecule has 0 saturated heterocycles. The van der Waals surface area contributed by atoms with Gasteiger partial charge in [0, 0.05) is 23.9 Å². The van der Waals surface area contributed by atoms with Gasteiger partial charge in [-0.05, 0) is 12.1 Å². The number of benzene rings is 1. The number of carboxylic acid groups (broad SMARTS) is 1. The highest BCUT2D eigenvalue weighted by Gasteiger charge is 2.07. The van der Waals surface area contributed by atoms with Gasteiger partial charge < -0.3 is 5.11 Å². The van der Waals surface area contributed by atoms with E-state index in [0.717, 1.165) is 35.2 Å². The minimum absolute atomic E-state index is 0.100. The average Bonchev–Trinajstić information content (AvgIpc) is 2.73. The van der Waals surface area contributed by atoms with E-state index in [1.807, 2.05) is 0 Å². The van der Waals surface area contributed by atoms with Crippen LogP contribution in [0.5, 0.6) is 0 Å². The van der Waals surface area contributed by atoms with Gasteiger partial charge in [0.15, 0.2) is 5.82 Å². The zero-order chi connectivity index (χ0) is 13.1. The molecule has 2 aromatic rings. The maximum atomic E-state index is 13.0. The van der Waals surface area contributed by atoms with Crippen molar-refractivity contribution in [2.24, 2.45) is 0 Å². The Morgan fingerprint density at radius 3 is 2.56 bits per heavy atom. The molecule has 18 heavy (non-hydrogen) atoms. The molecule has 92 valence electrons. The van der Waals surface area contributed by atoms with Crippen molar-refractivity contribution in [3.05, 3.63) is 42.2 Å². The monoisotopic (exact) mass is 251 g/mol. The van der Waals surface area contributed by atoms with E-state index in [1.54, 1.807) is 0 Å². The zero-order valence-electron chi connectivity index (χ0n) is 8.92. The normalized spacial score (nSPS) is 11.0. The van der Waals surface area contributed by atoms with Crippen LogP contribution in [0.4, 0.5) is 8.78 Å². The van der Waals surface area contributed by atoms with Gasteiger partial charge in [-0.25, -0.2) is 23.2 Å². The van der Waals surface area contributed by atoms with E-state index in [0.29, 0.717) is 0 Å². The maximum Gasteiger partial charge on any atom is 0.329 e. The number of aliphatic carboxylic acids is 1. The van der Waals surface area contributed by atoms with Crippen LogP contribution in [-0.2, 0) is 4.79 Å². The molecular weight excluding hydrogens is 244 g/mol. The number of nitrogens with zero attached hydrogens (tertiary/aromatic N) is 3. The minimum Gasteiger partial charge on any atom is -0.478 e. The van der Waals surface area contributed by atoms with Crippen LogP contribution in [0.1, 0.15) is 0 Å². The number of aromatic nitrogens is 3. The maximum absolute atomic E-state index is 13.0. The van der Waals surface area contributed by atoms with Gasteiger partial charge in [0.25, 0.3) is 0 Å². The van der Waals surface area contributed by atoms with Crippen molar-refractivity contribution in [3.8, 4) is 11.4 Å². The Labute approximate surface area is 100 Å². The first-order valence-electron chi connectivity index (χ1n) is 4.83. The Morgan fingerprint density at radius 1 is 1.28 bits per heavy atom. The largest absolute Gasteiger partial charge is 0.478 e. The first kappa shape index (κ1) is 11.9. The summed E-state index contributed by atoms with van der Waals surface area (Å²) in [6.45, 7) is 0. The molecule has 0 saturated carbocycles. The second-order valence-corrected chi connectivity index (χ2v) is 3.36. The Balaban J connectivity index is 2.32. The van der Waals surface area contributed by atoms with Crippen LogP contribution < -0.4 is 0 Å². The Bertz CT molecular complexity index is 602. The molecule has 0 aliphatic rings. The SMILES string of the molecule is O=C(O)/C=C/n1cnc(-c2cc(F)cc(F)c2)n1. The first-order valence-corrected chi connectivity index (χ1v) is 4.83. The van der Waals surface area contributed by atoms with Gasteiger partial charge >= 0.3 is 5.97 Å². The molecule has 0 spiro atoms. The van der Waals surface area contributed by atoms with Crippen molar-refractivity contribution in [2.45, 2.75) is 0 Å². The summed E-state index contributed by atoms with van der Waals surface area (Å²) in [5.41, 5.74) is 0.176. The number of halogens is 2. The molecule has 0 atom stereocenters. The van der Waals surface area contributed by atoms with Gasteiger partial charge in [0.05, 0.1) is 0 Å². The lowest BCUT2D eigenvalue weighted by Crippen LogP contribution is -1.92. The Hall–Kier alpha value is -2.57. The molecule has 1 N–H and O–H groups in total. The lowest BCUT2D eigenvalue weighted by Gasteiger charge is -1.96. The summed E-state index contributed by atoms with van der Waals surface area (Å²) >= 11 is 0. The third kappa shape index (κ3) is 2.76. The summed E-state index contributed by atoms with van der Waals surface area (Å²) in [5.74, 6) is -2.50. The number of hydrogen-bond acceptors (Lipinski definition) is 3. The molecular formula is C11H7F2N3O2. The quantitative estimate of drug-likeness (QED) is 0.844. The highest BCUT2D eigenvalue weighted by molar-refractivity contribution is 5.82. The molecule has 1 aromatic carbocycles. The summed E-state index contributed by atoms with van der Waals surface area (Å²) in [6, 6.07) is 2.91. The van der Waals surface area contributed by atoms with Gasteiger partial charge in [-0.2, -0.15) is 0 Å². The van der Waals surface area contributed by atoms with Gasteiger partial charge in [-0.1, -0.05) is 0 Å². The summed E-state index contributed by atoms with van der Waals surface area (Å²) in [4.78, 5) is 14.1. The molecule has 1 heterocycles. The molecule has 0 amide bonds. The van der Waals surface area contributed by atoms with Crippen LogP contribution in [0.15, 0.2) is 30.6 Å². The fourth-order valence-corrected chi connectivity index (χ4v) is 1.30. The fourth-order valence-electron chi connectivity index (χ4n) is 1.30. The topological polar surface area (TPSA) is 68.0 Å². The standard InChI is InChI=1S/C11H7F2N3O2/c12-8-3-7(4-9(13)5-8)11-14-6-16(15-11)2-1-10(17)18/h1-6H,(H,17,18)/b2-1+. The van der Waals surface area contributed by atoms with Gasteiger partial charge in [-0.3, -0.25) is 0 Å². The van der Waals surface area contributed by atoms with E-state index in [2.05, 4.69) is 10.1 Å². The summed E-state index contributed by atoms with van der Waals surface area (Å²) in [5, 5.41) is 12.3. The third-order valence-corrected chi connectivity index (χ3v) is 2.00. The summed E-state index contributed by atoms with van der Waals surface area (Å²) in [7, 11) is 0. The van der Waals surface area contributed by atoms with Crippen molar-refractivity contribution >= 4 is 12.2 Å². The fraction of sp³-hybridized carbons (Fsp3) is 0. The van der Waals surface area contributed by atoms with Crippen LogP contribution in [-0.4, -0.2) is 25.8 Å². The highest BCUT2D eigenvalue weighted by Crippen LogP contribution is 2.17. The molecule has 7 heteroatoms. The first-order chi connectivity index (χ1) is 8.54. The smallest absolute Gasteiger partial charge is 0.329 e. The zero-order valence-corrected chi connectivity index (χ0v) is 8.92. The van der Waals surface area contributed by atoms with Gasteiger partial charge in [0.1, 0.15) is 18.0 Å². The Kier molecular flexibility index (Phi) is 3.13. The highest BCUT2D eigenvalue weighted by atomic mass is 19.1. The second-order valence-electron chi connectivity index (χ2n) is 3.36. The van der Waals surface area contributed by atoms with Gasteiger partial charge in [0.2, 0.25) is 0 Å². The van der Waals surface area contributed by atoms with Crippen LogP contribution >= 0.6 is 0 Å². The molecule has 5 nitrogen and oxygen atoms in total. The molecule has 2 rings (SSSR count). The Morgan fingerprint density at radius 2 is 1.94 bits per heavy atom. The van der Waals surface area contributed by atoms with Gasteiger partial charge in [-0.15, -0.1) is 5.10 Å². The number of carbonyl (C=O) groups is 1. The van der Waals surface area contributed by atoms with E-state index in [4.69, 9.17) is 5.11 Å². The molecule has 0 fully saturated rings. The molecule has 0 radical (unpaired) electrons. The predicted octanol–water partition coefficient (Wildman–Crippen LogP) is 1.78. The van der Waals surface area contributed by atoms with Crippen LogP contribution in [0.2, 0.25) is 0 Å². The van der Waals surface area contributed by atoms with Crippen molar-refractivity contribution in [2.75, 3.05) is 0 Å². The van der Waals surface area contributed by atoms with E-state index in [1.165, 1.54) is 6.33 Å². The van der Waals surface area contributed by atoms with Crippen molar-refractivity contribution < 1.29 is 18.7 Å². The van der Waals surface area contributed by atoms with E-state index in [9.17, 15) is 13.6 Å². The van der Waals surface area contributed by atoms with Crippen LogP contribution in [0.3, 0.4) is 0 Å². The molecule has 0 unspecified atom stereocenters. The third-order valence-electron chi connectivity index (χ3n) is 2.00.